The molecule has 0 aromatic carbocycles. The highest BCUT2D eigenvalue weighted by Crippen LogP contribution is 2.13. The molecule has 1 aromatic rings. The average molecular weight is 225 g/mol. The number of aliphatic hydroxyl groups excluding tert-OH is 1. The molecule has 0 aliphatic carbocycles. The van der Waals surface area contributed by atoms with Gasteiger partial charge in [0.25, 0.3) is 0 Å². The zero-order valence-electron chi connectivity index (χ0n) is 10.3. The summed E-state index contributed by atoms with van der Waals surface area (Å²) < 4.78 is 5.15. The Hall–Kier alpha value is -0.800. The topological polar surface area (TPSA) is 45.4 Å². The van der Waals surface area contributed by atoms with Crippen molar-refractivity contribution in [3.05, 3.63) is 24.2 Å². The van der Waals surface area contributed by atoms with Crippen LogP contribution >= 0.6 is 0 Å². The highest BCUT2D eigenvalue weighted by Gasteiger charge is 2.12. The van der Waals surface area contributed by atoms with Gasteiger partial charge in [0.2, 0.25) is 0 Å². The van der Waals surface area contributed by atoms with Gasteiger partial charge < -0.3 is 14.8 Å². The van der Waals surface area contributed by atoms with Crippen molar-refractivity contribution in [3.63, 3.8) is 0 Å². The molecule has 0 spiro atoms. The second-order valence-electron chi connectivity index (χ2n) is 4.19. The minimum Gasteiger partial charge on any atom is -0.467 e. The molecule has 0 radical (unpaired) electrons. The van der Waals surface area contributed by atoms with Crippen LogP contribution in [0.4, 0.5) is 0 Å². The van der Waals surface area contributed by atoms with E-state index >= 15 is 0 Å². The van der Waals surface area contributed by atoms with Gasteiger partial charge in [-0.1, -0.05) is 26.7 Å². The van der Waals surface area contributed by atoms with E-state index in [0.717, 1.165) is 6.42 Å². The largest absolute Gasteiger partial charge is 0.467 e. The van der Waals surface area contributed by atoms with Crippen LogP contribution in [0.5, 0.6) is 0 Å². The van der Waals surface area contributed by atoms with E-state index in [2.05, 4.69) is 19.2 Å². The number of nitrogens with one attached hydrogen (secondary N) is 1. The van der Waals surface area contributed by atoms with E-state index in [1.54, 1.807) is 18.4 Å². The van der Waals surface area contributed by atoms with E-state index in [9.17, 15) is 5.11 Å². The third-order valence-electron chi connectivity index (χ3n) is 2.87. The Labute approximate surface area is 97.9 Å². The third kappa shape index (κ3) is 4.37. The molecule has 3 nitrogen and oxygen atoms in total. The summed E-state index contributed by atoms with van der Waals surface area (Å²) in [6, 6.07) is 4.11. The summed E-state index contributed by atoms with van der Waals surface area (Å²) in [7, 11) is 0. The van der Waals surface area contributed by atoms with Gasteiger partial charge in [-0.2, -0.15) is 0 Å². The summed E-state index contributed by atoms with van der Waals surface area (Å²) in [5.74, 6) is 0.637. The Balaban J connectivity index is 2.26. The minimum atomic E-state index is -0.536. The van der Waals surface area contributed by atoms with Crippen LogP contribution < -0.4 is 5.32 Å². The molecular formula is C13H23NO2. The molecule has 2 N–H and O–H groups in total. The Morgan fingerprint density at radius 1 is 1.44 bits per heavy atom. The molecule has 1 heterocycles. The van der Waals surface area contributed by atoms with E-state index in [4.69, 9.17) is 4.42 Å². The van der Waals surface area contributed by atoms with Crippen molar-refractivity contribution >= 4 is 0 Å². The van der Waals surface area contributed by atoms with Crippen LogP contribution in [0.1, 0.15) is 51.4 Å². The maximum absolute atomic E-state index is 9.82. The van der Waals surface area contributed by atoms with Gasteiger partial charge in [-0.25, -0.2) is 0 Å². The zero-order valence-corrected chi connectivity index (χ0v) is 10.3. The van der Waals surface area contributed by atoms with E-state index in [1.807, 2.05) is 0 Å². The highest BCUT2D eigenvalue weighted by atomic mass is 16.4. The lowest BCUT2D eigenvalue weighted by molar-refractivity contribution is 0.142. The second kappa shape index (κ2) is 7.47. The first-order valence-corrected chi connectivity index (χ1v) is 6.22. The van der Waals surface area contributed by atoms with E-state index in [1.165, 1.54) is 19.3 Å². The first kappa shape index (κ1) is 13.3. The van der Waals surface area contributed by atoms with Crippen molar-refractivity contribution in [2.24, 2.45) is 0 Å². The quantitative estimate of drug-likeness (QED) is 0.715. The molecule has 0 fully saturated rings. The first-order valence-electron chi connectivity index (χ1n) is 6.22. The smallest absolute Gasteiger partial charge is 0.133 e. The first-order chi connectivity index (χ1) is 7.77. The Morgan fingerprint density at radius 3 is 2.81 bits per heavy atom. The fourth-order valence-corrected chi connectivity index (χ4v) is 1.76. The van der Waals surface area contributed by atoms with Gasteiger partial charge in [-0.3, -0.25) is 0 Å². The van der Waals surface area contributed by atoms with Crippen LogP contribution in [0, 0.1) is 0 Å². The average Bonchev–Trinajstić information content (AvgIpc) is 2.82. The van der Waals surface area contributed by atoms with Gasteiger partial charge in [0.05, 0.1) is 6.26 Å². The van der Waals surface area contributed by atoms with Gasteiger partial charge in [-0.05, 0) is 25.0 Å². The van der Waals surface area contributed by atoms with Crippen LogP contribution in [-0.4, -0.2) is 17.7 Å². The van der Waals surface area contributed by atoms with Crippen molar-refractivity contribution in [2.75, 3.05) is 6.54 Å². The molecule has 0 aliphatic rings. The number of unbranched alkanes of at least 4 members (excludes halogenated alkanes) is 1. The third-order valence-corrected chi connectivity index (χ3v) is 2.87. The maximum Gasteiger partial charge on any atom is 0.133 e. The Morgan fingerprint density at radius 2 is 2.25 bits per heavy atom. The van der Waals surface area contributed by atoms with Crippen molar-refractivity contribution in [2.45, 2.75) is 51.7 Å². The molecule has 0 saturated carbocycles. The molecule has 1 aromatic heterocycles. The van der Waals surface area contributed by atoms with Crippen LogP contribution in [0.15, 0.2) is 22.8 Å². The highest BCUT2D eigenvalue weighted by molar-refractivity contribution is 5.02. The number of rotatable bonds is 8. The number of aliphatic hydroxyl groups is 1. The molecule has 3 heteroatoms. The number of furan rings is 1. The zero-order chi connectivity index (χ0) is 11.8. The molecule has 16 heavy (non-hydrogen) atoms. The maximum atomic E-state index is 9.82. The SMILES string of the molecule is CCCCC(CC)NCC(O)c1ccco1. The predicted molar refractivity (Wildman–Crippen MR) is 65.3 cm³/mol. The number of hydrogen-bond donors (Lipinski definition) is 2. The van der Waals surface area contributed by atoms with Gasteiger partial charge in [0.1, 0.15) is 11.9 Å². The summed E-state index contributed by atoms with van der Waals surface area (Å²) in [4.78, 5) is 0. The molecule has 0 saturated heterocycles. The van der Waals surface area contributed by atoms with Crippen LogP contribution in [-0.2, 0) is 0 Å². The molecule has 0 aliphatic heterocycles. The lowest BCUT2D eigenvalue weighted by atomic mass is 10.1. The fraction of sp³-hybridized carbons (Fsp3) is 0.692. The summed E-state index contributed by atoms with van der Waals surface area (Å²) in [5, 5.41) is 13.2. The van der Waals surface area contributed by atoms with E-state index < -0.39 is 6.10 Å². The van der Waals surface area contributed by atoms with Crippen LogP contribution in [0.25, 0.3) is 0 Å². The van der Waals surface area contributed by atoms with Crippen molar-refractivity contribution < 1.29 is 9.52 Å². The van der Waals surface area contributed by atoms with Crippen LogP contribution in [0.3, 0.4) is 0 Å². The fourth-order valence-electron chi connectivity index (χ4n) is 1.76. The summed E-state index contributed by atoms with van der Waals surface area (Å²) in [6.07, 6.45) is 5.79. The van der Waals surface area contributed by atoms with Gasteiger partial charge in [-0.15, -0.1) is 0 Å². The molecule has 2 unspecified atom stereocenters. The van der Waals surface area contributed by atoms with Crippen molar-refractivity contribution in [3.8, 4) is 0 Å². The Kier molecular flexibility index (Phi) is 6.19. The van der Waals surface area contributed by atoms with Gasteiger partial charge in [0.15, 0.2) is 0 Å². The monoisotopic (exact) mass is 225 g/mol. The predicted octanol–water partition coefficient (Wildman–Crippen LogP) is 2.87. The van der Waals surface area contributed by atoms with E-state index in [-0.39, 0.29) is 0 Å². The summed E-state index contributed by atoms with van der Waals surface area (Å²) in [6.45, 7) is 4.94. The summed E-state index contributed by atoms with van der Waals surface area (Å²) >= 11 is 0. The van der Waals surface area contributed by atoms with E-state index in [0.29, 0.717) is 18.3 Å². The molecular weight excluding hydrogens is 202 g/mol. The lowest BCUT2D eigenvalue weighted by Gasteiger charge is -2.18. The Bertz CT molecular complexity index is 259. The minimum absolute atomic E-state index is 0.504. The van der Waals surface area contributed by atoms with Crippen molar-refractivity contribution in [1.29, 1.82) is 0 Å². The molecule has 0 bridgehead atoms. The van der Waals surface area contributed by atoms with Gasteiger partial charge >= 0.3 is 0 Å². The number of hydrogen-bond acceptors (Lipinski definition) is 3. The molecule has 92 valence electrons. The molecule has 2 atom stereocenters. The van der Waals surface area contributed by atoms with Crippen molar-refractivity contribution in [1.82, 2.24) is 5.32 Å². The molecule has 0 amide bonds. The summed E-state index contributed by atoms with van der Waals surface area (Å²) in [5.41, 5.74) is 0. The second-order valence-corrected chi connectivity index (χ2v) is 4.19. The molecule has 1 rings (SSSR count). The van der Waals surface area contributed by atoms with Gasteiger partial charge in [0, 0.05) is 12.6 Å². The standard InChI is InChI=1S/C13H23NO2/c1-3-5-7-11(4-2)14-10-12(15)13-8-6-9-16-13/h6,8-9,11-12,14-15H,3-5,7,10H2,1-2H3. The normalized spacial score (nSPS) is 14.9. The van der Waals surface area contributed by atoms with Crippen LogP contribution in [0.2, 0.25) is 0 Å². The lowest BCUT2D eigenvalue weighted by Crippen LogP contribution is -2.32.